The number of nitrogens with one attached hydrogen (secondary N) is 1. The molecule has 0 atom stereocenters. The molecule has 3 N–H and O–H groups in total. The van der Waals surface area contributed by atoms with Crippen LogP contribution in [0.3, 0.4) is 0 Å². The van der Waals surface area contributed by atoms with E-state index in [1.54, 1.807) is 0 Å². The summed E-state index contributed by atoms with van der Waals surface area (Å²) >= 11 is 0. The maximum Gasteiger partial charge on any atom is 0.122 e. The first-order chi connectivity index (χ1) is 9.20. The minimum Gasteiger partial charge on any atom is -0.384 e. The molecule has 0 saturated heterocycles. The first-order valence-corrected chi connectivity index (χ1v) is 6.44. The number of para-hydroxylation sites is 1. The maximum atomic E-state index is 7.49. The first kappa shape index (κ1) is 13.1. The van der Waals surface area contributed by atoms with E-state index in [2.05, 4.69) is 30.0 Å². The second kappa shape index (κ2) is 6.05. The minimum atomic E-state index is 0.115. The van der Waals surface area contributed by atoms with E-state index in [4.69, 9.17) is 11.1 Å². The first-order valence-electron chi connectivity index (χ1n) is 6.44. The molecule has 0 radical (unpaired) electrons. The van der Waals surface area contributed by atoms with Crippen LogP contribution in [0.15, 0.2) is 54.6 Å². The van der Waals surface area contributed by atoms with E-state index in [-0.39, 0.29) is 5.84 Å². The highest BCUT2D eigenvalue weighted by Gasteiger charge is 2.05. The van der Waals surface area contributed by atoms with Crippen molar-refractivity contribution < 1.29 is 0 Å². The molecule has 3 nitrogen and oxygen atoms in total. The Labute approximate surface area is 114 Å². The Morgan fingerprint density at radius 1 is 1.11 bits per heavy atom. The van der Waals surface area contributed by atoms with Crippen LogP contribution in [0.4, 0.5) is 5.69 Å². The van der Waals surface area contributed by atoms with Crippen molar-refractivity contribution >= 4 is 11.5 Å². The Morgan fingerprint density at radius 3 is 2.47 bits per heavy atom. The van der Waals surface area contributed by atoms with Crippen LogP contribution in [-0.2, 0) is 6.54 Å². The van der Waals surface area contributed by atoms with E-state index in [1.807, 2.05) is 36.4 Å². The molecule has 0 bridgehead atoms. The SMILES string of the molecule is CCN(Cc1cccc(C(=N)N)c1)c1ccccc1. The van der Waals surface area contributed by atoms with Crippen LogP contribution >= 0.6 is 0 Å². The summed E-state index contributed by atoms with van der Waals surface area (Å²) in [6.07, 6.45) is 0. The van der Waals surface area contributed by atoms with Crippen LogP contribution in [0, 0.1) is 5.41 Å². The quantitative estimate of drug-likeness (QED) is 0.635. The van der Waals surface area contributed by atoms with Gasteiger partial charge in [0.05, 0.1) is 0 Å². The third kappa shape index (κ3) is 3.35. The zero-order valence-electron chi connectivity index (χ0n) is 11.1. The summed E-state index contributed by atoms with van der Waals surface area (Å²) in [5, 5.41) is 7.49. The van der Waals surface area contributed by atoms with Crippen LogP contribution in [0.1, 0.15) is 18.1 Å². The summed E-state index contributed by atoms with van der Waals surface area (Å²) in [6.45, 7) is 3.90. The van der Waals surface area contributed by atoms with Crippen LogP contribution in [0.25, 0.3) is 0 Å². The van der Waals surface area contributed by atoms with Crippen LogP contribution in [-0.4, -0.2) is 12.4 Å². The van der Waals surface area contributed by atoms with Crippen molar-refractivity contribution in [3.05, 3.63) is 65.7 Å². The van der Waals surface area contributed by atoms with Gasteiger partial charge in [-0.2, -0.15) is 0 Å². The number of hydrogen-bond acceptors (Lipinski definition) is 2. The highest BCUT2D eigenvalue weighted by Crippen LogP contribution is 2.17. The van der Waals surface area contributed by atoms with Crippen molar-refractivity contribution in [2.45, 2.75) is 13.5 Å². The summed E-state index contributed by atoms with van der Waals surface area (Å²) in [5.41, 5.74) is 8.68. The van der Waals surface area contributed by atoms with E-state index < -0.39 is 0 Å². The van der Waals surface area contributed by atoms with Crippen LogP contribution < -0.4 is 10.6 Å². The lowest BCUT2D eigenvalue weighted by Gasteiger charge is -2.23. The third-order valence-electron chi connectivity index (χ3n) is 3.11. The summed E-state index contributed by atoms with van der Waals surface area (Å²) < 4.78 is 0. The molecule has 0 amide bonds. The number of nitrogens with two attached hydrogens (primary N) is 1. The number of nitrogen functional groups attached to an aromatic ring is 1. The second-order valence-corrected chi connectivity index (χ2v) is 4.46. The number of nitrogens with zero attached hydrogens (tertiary/aromatic N) is 1. The Hall–Kier alpha value is -2.29. The molecule has 19 heavy (non-hydrogen) atoms. The Kier molecular flexibility index (Phi) is 4.18. The topological polar surface area (TPSA) is 53.1 Å². The fraction of sp³-hybridized carbons (Fsp3) is 0.188. The highest BCUT2D eigenvalue weighted by molar-refractivity contribution is 5.95. The fourth-order valence-corrected chi connectivity index (χ4v) is 2.08. The standard InChI is InChI=1S/C16H19N3/c1-2-19(15-9-4-3-5-10-15)12-13-7-6-8-14(11-13)16(17)18/h3-11H,2,12H2,1H3,(H3,17,18). The van der Waals surface area contributed by atoms with Gasteiger partial charge in [0.15, 0.2) is 0 Å². The van der Waals surface area contributed by atoms with Gasteiger partial charge in [-0.1, -0.05) is 36.4 Å². The normalized spacial score (nSPS) is 10.2. The number of anilines is 1. The Morgan fingerprint density at radius 2 is 1.84 bits per heavy atom. The fourth-order valence-electron chi connectivity index (χ4n) is 2.08. The number of amidine groups is 1. The molecule has 0 spiro atoms. The molecule has 0 heterocycles. The molecular formula is C16H19N3. The maximum absolute atomic E-state index is 7.49. The highest BCUT2D eigenvalue weighted by atomic mass is 15.1. The van der Waals surface area contributed by atoms with Gasteiger partial charge in [-0.3, -0.25) is 5.41 Å². The van der Waals surface area contributed by atoms with Crippen molar-refractivity contribution in [1.29, 1.82) is 5.41 Å². The molecule has 3 heteroatoms. The predicted octanol–water partition coefficient (Wildman–Crippen LogP) is 3.00. The van der Waals surface area contributed by atoms with E-state index in [0.29, 0.717) is 0 Å². The van der Waals surface area contributed by atoms with Crippen molar-refractivity contribution in [3.8, 4) is 0 Å². The molecule has 98 valence electrons. The number of hydrogen-bond donors (Lipinski definition) is 2. The van der Waals surface area contributed by atoms with Crippen molar-refractivity contribution in [3.63, 3.8) is 0 Å². The second-order valence-electron chi connectivity index (χ2n) is 4.46. The molecule has 2 aromatic rings. The zero-order chi connectivity index (χ0) is 13.7. The molecule has 2 aromatic carbocycles. The van der Waals surface area contributed by atoms with Gasteiger partial charge in [-0.25, -0.2) is 0 Å². The number of benzene rings is 2. The summed E-state index contributed by atoms with van der Waals surface area (Å²) in [5.74, 6) is 0.115. The Balaban J connectivity index is 2.19. The lowest BCUT2D eigenvalue weighted by atomic mass is 10.1. The molecule has 2 rings (SSSR count). The van der Waals surface area contributed by atoms with Gasteiger partial charge >= 0.3 is 0 Å². The smallest absolute Gasteiger partial charge is 0.122 e. The third-order valence-corrected chi connectivity index (χ3v) is 3.11. The average Bonchev–Trinajstić information content (AvgIpc) is 2.46. The molecule has 0 aliphatic rings. The number of rotatable bonds is 5. The largest absolute Gasteiger partial charge is 0.384 e. The van der Waals surface area contributed by atoms with Crippen LogP contribution in [0.2, 0.25) is 0 Å². The van der Waals surface area contributed by atoms with Crippen molar-refractivity contribution in [2.75, 3.05) is 11.4 Å². The van der Waals surface area contributed by atoms with Gasteiger partial charge in [0, 0.05) is 24.3 Å². The summed E-state index contributed by atoms with van der Waals surface area (Å²) in [7, 11) is 0. The molecule has 0 aromatic heterocycles. The lowest BCUT2D eigenvalue weighted by molar-refractivity contribution is 0.832. The van der Waals surface area contributed by atoms with Gasteiger partial charge in [-0.05, 0) is 30.7 Å². The molecule has 0 unspecified atom stereocenters. The minimum absolute atomic E-state index is 0.115. The van der Waals surface area contributed by atoms with Gasteiger partial charge in [0.2, 0.25) is 0 Å². The van der Waals surface area contributed by atoms with Crippen molar-refractivity contribution in [2.24, 2.45) is 5.73 Å². The summed E-state index contributed by atoms with van der Waals surface area (Å²) in [4.78, 5) is 2.29. The molecule has 0 fully saturated rings. The molecular weight excluding hydrogens is 234 g/mol. The molecule has 0 aliphatic carbocycles. The zero-order valence-corrected chi connectivity index (χ0v) is 11.1. The average molecular weight is 253 g/mol. The van der Waals surface area contributed by atoms with E-state index >= 15 is 0 Å². The van der Waals surface area contributed by atoms with Gasteiger partial charge in [0.1, 0.15) is 5.84 Å². The summed E-state index contributed by atoms with van der Waals surface area (Å²) in [6, 6.07) is 18.2. The van der Waals surface area contributed by atoms with E-state index in [9.17, 15) is 0 Å². The molecule has 0 saturated carbocycles. The Bertz CT molecular complexity index is 549. The van der Waals surface area contributed by atoms with Gasteiger partial charge in [-0.15, -0.1) is 0 Å². The molecule has 0 aliphatic heterocycles. The van der Waals surface area contributed by atoms with Crippen LogP contribution in [0.5, 0.6) is 0 Å². The van der Waals surface area contributed by atoms with Crippen molar-refractivity contribution in [1.82, 2.24) is 0 Å². The van der Waals surface area contributed by atoms with E-state index in [0.717, 1.165) is 18.7 Å². The van der Waals surface area contributed by atoms with Gasteiger partial charge < -0.3 is 10.6 Å². The van der Waals surface area contributed by atoms with Gasteiger partial charge in [0.25, 0.3) is 0 Å². The lowest BCUT2D eigenvalue weighted by Crippen LogP contribution is -2.22. The monoisotopic (exact) mass is 253 g/mol. The predicted molar refractivity (Wildman–Crippen MR) is 80.6 cm³/mol. The van der Waals surface area contributed by atoms with E-state index in [1.165, 1.54) is 11.3 Å².